The molecule has 1 saturated heterocycles. The Morgan fingerprint density at radius 3 is 3.20 bits per heavy atom. The van der Waals surface area contributed by atoms with E-state index in [-0.39, 0.29) is 17.9 Å². The molecule has 1 aliphatic heterocycles. The Balaban J connectivity index is 1.88. The Kier molecular flexibility index (Phi) is 3.38. The first-order chi connectivity index (χ1) is 7.27. The highest BCUT2D eigenvalue weighted by atomic mass is 32.1. The van der Waals surface area contributed by atoms with Crippen molar-refractivity contribution in [2.24, 2.45) is 5.92 Å². The molecule has 1 fully saturated rings. The number of carbonyl (C=O) groups is 1. The quantitative estimate of drug-likeness (QED) is 0.817. The van der Waals surface area contributed by atoms with Crippen LogP contribution in [-0.2, 0) is 4.79 Å². The highest BCUT2D eigenvalue weighted by Gasteiger charge is 2.23. The molecule has 1 aromatic rings. The molecule has 2 heterocycles. The average molecular weight is 224 g/mol. The van der Waals surface area contributed by atoms with Crippen LogP contribution < -0.4 is 10.6 Å². The van der Waals surface area contributed by atoms with E-state index in [1.165, 1.54) is 4.88 Å². The van der Waals surface area contributed by atoms with Gasteiger partial charge >= 0.3 is 0 Å². The van der Waals surface area contributed by atoms with Gasteiger partial charge in [0.1, 0.15) is 0 Å². The summed E-state index contributed by atoms with van der Waals surface area (Å²) in [5.74, 6) is 0.341. The summed E-state index contributed by atoms with van der Waals surface area (Å²) in [6, 6.07) is 4.21. The van der Waals surface area contributed by atoms with Crippen molar-refractivity contribution in [1.82, 2.24) is 10.6 Å². The van der Waals surface area contributed by atoms with E-state index in [9.17, 15) is 4.79 Å². The third-order valence-corrected chi connectivity index (χ3v) is 3.81. The van der Waals surface area contributed by atoms with Gasteiger partial charge in [0.2, 0.25) is 5.91 Å². The molecule has 82 valence electrons. The number of amides is 1. The van der Waals surface area contributed by atoms with E-state index >= 15 is 0 Å². The maximum absolute atomic E-state index is 11.8. The van der Waals surface area contributed by atoms with E-state index in [2.05, 4.69) is 16.7 Å². The zero-order valence-electron chi connectivity index (χ0n) is 8.82. The minimum absolute atomic E-state index is 0.137. The van der Waals surface area contributed by atoms with E-state index in [1.54, 1.807) is 11.3 Å². The zero-order chi connectivity index (χ0) is 10.7. The minimum atomic E-state index is 0.137. The molecule has 2 unspecified atom stereocenters. The molecule has 2 rings (SSSR count). The Labute approximate surface area is 93.9 Å². The van der Waals surface area contributed by atoms with E-state index < -0.39 is 0 Å². The van der Waals surface area contributed by atoms with E-state index in [0.717, 1.165) is 19.5 Å². The van der Waals surface area contributed by atoms with Gasteiger partial charge in [0, 0.05) is 11.4 Å². The summed E-state index contributed by atoms with van der Waals surface area (Å²) < 4.78 is 0. The Hall–Kier alpha value is -0.870. The molecule has 1 amide bonds. The van der Waals surface area contributed by atoms with Crippen LogP contribution in [0.3, 0.4) is 0 Å². The average Bonchev–Trinajstić information content (AvgIpc) is 2.91. The van der Waals surface area contributed by atoms with Crippen molar-refractivity contribution in [3.63, 3.8) is 0 Å². The maximum atomic E-state index is 11.8. The SMILES string of the molecule is CC(NC(=O)C1CCNC1)c1cccs1. The van der Waals surface area contributed by atoms with Gasteiger partial charge in [0.25, 0.3) is 0 Å². The summed E-state index contributed by atoms with van der Waals surface area (Å²) in [5, 5.41) is 8.30. The zero-order valence-corrected chi connectivity index (χ0v) is 9.64. The second-order valence-electron chi connectivity index (χ2n) is 3.94. The standard InChI is InChI=1S/C11H16N2OS/c1-8(10-3-2-6-15-10)13-11(14)9-4-5-12-7-9/h2-3,6,8-9,12H,4-5,7H2,1H3,(H,13,14). The fraction of sp³-hybridized carbons (Fsp3) is 0.545. The molecule has 2 N–H and O–H groups in total. The van der Waals surface area contributed by atoms with E-state index in [4.69, 9.17) is 0 Å². The Morgan fingerprint density at radius 1 is 1.73 bits per heavy atom. The molecule has 0 spiro atoms. The number of rotatable bonds is 3. The maximum Gasteiger partial charge on any atom is 0.224 e. The van der Waals surface area contributed by atoms with Crippen LogP contribution in [0.25, 0.3) is 0 Å². The highest BCUT2D eigenvalue weighted by molar-refractivity contribution is 7.10. The molecular weight excluding hydrogens is 208 g/mol. The first kappa shape index (κ1) is 10.6. The number of nitrogens with one attached hydrogen (secondary N) is 2. The van der Waals surface area contributed by atoms with Crippen LogP contribution in [0.1, 0.15) is 24.3 Å². The van der Waals surface area contributed by atoms with Crippen molar-refractivity contribution in [2.75, 3.05) is 13.1 Å². The summed E-state index contributed by atoms with van der Waals surface area (Å²) in [6.45, 7) is 3.82. The summed E-state index contributed by atoms with van der Waals surface area (Å²) in [4.78, 5) is 13.0. The number of hydrogen-bond acceptors (Lipinski definition) is 3. The third-order valence-electron chi connectivity index (χ3n) is 2.76. The molecule has 0 saturated carbocycles. The topological polar surface area (TPSA) is 41.1 Å². The molecule has 4 heteroatoms. The molecule has 1 aliphatic rings. The van der Waals surface area contributed by atoms with Crippen molar-refractivity contribution in [3.8, 4) is 0 Å². The molecule has 15 heavy (non-hydrogen) atoms. The van der Waals surface area contributed by atoms with Gasteiger partial charge in [-0.3, -0.25) is 4.79 Å². The van der Waals surface area contributed by atoms with Crippen LogP contribution in [0.2, 0.25) is 0 Å². The predicted molar refractivity (Wildman–Crippen MR) is 61.9 cm³/mol. The molecule has 0 aliphatic carbocycles. The van der Waals surface area contributed by atoms with E-state index in [0.29, 0.717) is 0 Å². The monoisotopic (exact) mass is 224 g/mol. The molecular formula is C11H16N2OS. The fourth-order valence-electron chi connectivity index (χ4n) is 1.82. The van der Waals surface area contributed by atoms with Crippen LogP contribution in [0.15, 0.2) is 17.5 Å². The van der Waals surface area contributed by atoms with Crippen molar-refractivity contribution in [2.45, 2.75) is 19.4 Å². The first-order valence-electron chi connectivity index (χ1n) is 5.32. The van der Waals surface area contributed by atoms with Crippen LogP contribution in [0, 0.1) is 5.92 Å². The second kappa shape index (κ2) is 4.77. The minimum Gasteiger partial charge on any atom is -0.348 e. The third kappa shape index (κ3) is 2.58. The summed E-state index contributed by atoms with van der Waals surface area (Å²) in [6.07, 6.45) is 0.961. The Morgan fingerprint density at radius 2 is 2.60 bits per heavy atom. The molecule has 3 nitrogen and oxygen atoms in total. The van der Waals surface area contributed by atoms with Gasteiger partial charge in [-0.25, -0.2) is 0 Å². The lowest BCUT2D eigenvalue weighted by Crippen LogP contribution is -2.33. The van der Waals surface area contributed by atoms with Gasteiger partial charge in [0.15, 0.2) is 0 Å². The van der Waals surface area contributed by atoms with Gasteiger partial charge in [-0.2, -0.15) is 0 Å². The predicted octanol–water partition coefficient (Wildman–Crippen LogP) is 1.53. The van der Waals surface area contributed by atoms with E-state index in [1.807, 2.05) is 18.4 Å². The Bertz CT molecular complexity index is 317. The summed E-state index contributed by atoms with van der Waals surface area (Å²) >= 11 is 1.69. The summed E-state index contributed by atoms with van der Waals surface area (Å²) in [7, 11) is 0. The molecule has 0 bridgehead atoms. The van der Waals surface area contributed by atoms with Crippen molar-refractivity contribution >= 4 is 17.2 Å². The van der Waals surface area contributed by atoms with Crippen LogP contribution >= 0.6 is 11.3 Å². The van der Waals surface area contributed by atoms with Crippen molar-refractivity contribution in [3.05, 3.63) is 22.4 Å². The lowest BCUT2D eigenvalue weighted by molar-refractivity contribution is -0.125. The van der Waals surface area contributed by atoms with Crippen LogP contribution in [0.4, 0.5) is 0 Å². The van der Waals surface area contributed by atoms with Gasteiger partial charge < -0.3 is 10.6 Å². The largest absolute Gasteiger partial charge is 0.348 e. The van der Waals surface area contributed by atoms with Gasteiger partial charge in [-0.15, -0.1) is 11.3 Å². The molecule has 0 aromatic carbocycles. The van der Waals surface area contributed by atoms with Crippen LogP contribution in [0.5, 0.6) is 0 Å². The number of carbonyl (C=O) groups excluding carboxylic acids is 1. The second-order valence-corrected chi connectivity index (χ2v) is 4.91. The molecule has 1 aromatic heterocycles. The fourth-order valence-corrected chi connectivity index (χ4v) is 2.55. The molecule has 2 atom stereocenters. The molecule has 0 radical (unpaired) electrons. The van der Waals surface area contributed by atoms with Gasteiger partial charge in [-0.05, 0) is 31.3 Å². The van der Waals surface area contributed by atoms with Crippen molar-refractivity contribution in [1.29, 1.82) is 0 Å². The normalized spacial score (nSPS) is 22.6. The lowest BCUT2D eigenvalue weighted by atomic mass is 10.1. The first-order valence-corrected chi connectivity index (χ1v) is 6.20. The van der Waals surface area contributed by atoms with Crippen LogP contribution in [-0.4, -0.2) is 19.0 Å². The van der Waals surface area contributed by atoms with Gasteiger partial charge in [-0.1, -0.05) is 6.07 Å². The number of hydrogen-bond donors (Lipinski definition) is 2. The smallest absolute Gasteiger partial charge is 0.224 e. The highest BCUT2D eigenvalue weighted by Crippen LogP contribution is 2.19. The number of thiophene rings is 1. The van der Waals surface area contributed by atoms with Crippen molar-refractivity contribution < 1.29 is 4.79 Å². The lowest BCUT2D eigenvalue weighted by Gasteiger charge is -2.15. The summed E-state index contributed by atoms with van der Waals surface area (Å²) in [5.41, 5.74) is 0. The van der Waals surface area contributed by atoms with Gasteiger partial charge in [0.05, 0.1) is 12.0 Å².